The molecule has 1 saturated heterocycles. The van der Waals surface area contributed by atoms with Crippen molar-refractivity contribution in [1.82, 2.24) is 10.2 Å². The van der Waals surface area contributed by atoms with Gasteiger partial charge in [0.1, 0.15) is 0 Å². The van der Waals surface area contributed by atoms with E-state index >= 15 is 0 Å². The first-order valence-corrected chi connectivity index (χ1v) is 9.22. The lowest BCUT2D eigenvalue weighted by Gasteiger charge is -2.37. The lowest BCUT2D eigenvalue weighted by molar-refractivity contribution is 0.127. The number of benzene rings is 1. The number of nitrogens with zero attached hydrogens (tertiary/aromatic N) is 1. The zero-order valence-electron chi connectivity index (χ0n) is 13.4. The van der Waals surface area contributed by atoms with E-state index in [0.29, 0.717) is 0 Å². The Morgan fingerprint density at radius 1 is 1.19 bits per heavy atom. The first kappa shape index (κ1) is 17.0. The van der Waals surface area contributed by atoms with Crippen molar-refractivity contribution in [3.05, 3.63) is 34.3 Å². The molecule has 0 aliphatic carbocycles. The molecule has 0 aromatic heterocycles. The maximum atomic E-state index is 3.71. The second kappa shape index (κ2) is 8.92. The molecule has 0 saturated carbocycles. The summed E-state index contributed by atoms with van der Waals surface area (Å²) in [6, 6.07) is 9.40. The molecule has 1 fully saturated rings. The zero-order valence-corrected chi connectivity index (χ0v) is 15.0. The van der Waals surface area contributed by atoms with E-state index in [0.717, 1.165) is 18.5 Å². The van der Waals surface area contributed by atoms with Gasteiger partial charge >= 0.3 is 0 Å². The minimum absolute atomic E-state index is 0.735. The van der Waals surface area contributed by atoms with Crippen LogP contribution in [-0.4, -0.2) is 30.6 Å². The van der Waals surface area contributed by atoms with E-state index in [1.165, 1.54) is 55.4 Å². The molecule has 21 heavy (non-hydrogen) atoms. The van der Waals surface area contributed by atoms with E-state index in [2.05, 4.69) is 64.3 Å². The highest BCUT2D eigenvalue weighted by atomic mass is 79.9. The minimum Gasteiger partial charge on any atom is -0.317 e. The topological polar surface area (TPSA) is 15.3 Å². The van der Waals surface area contributed by atoms with Crippen molar-refractivity contribution in [2.75, 3.05) is 19.6 Å². The third-order valence-corrected chi connectivity index (χ3v) is 5.58. The number of hydrogen-bond donors (Lipinski definition) is 1. The summed E-state index contributed by atoms with van der Waals surface area (Å²) in [5.74, 6) is 0.822. The second-order valence-corrected chi connectivity index (χ2v) is 7.04. The predicted octanol–water partition coefficient (Wildman–Crippen LogP) is 4.44. The second-order valence-electron chi connectivity index (χ2n) is 6.18. The first-order chi connectivity index (χ1) is 10.2. The molecule has 1 aromatic rings. The van der Waals surface area contributed by atoms with Gasteiger partial charge in [0.25, 0.3) is 0 Å². The molecule has 2 rings (SSSR count). The Labute approximate surface area is 138 Å². The summed E-state index contributed by atoms with van der Waals surface area (Å²) in [6.07, 6.45) is 5.14. The van der Waals surface area contributed by atoms with Gasteiger partial charge < -0.3 is 5.32 Å². The first-order valence-electron chi connectivity index (χ1n) is 8.42. The molecule has 0 atom stereocenters. The molecule has 0 bridgehead atoms. The van der Waals surface area contributed by atoms with Crippen LogP contribution >= 0.6 is 15.9 Å². The van der Waals surface area contributed by atoms with Gasteiger partial charge in [0.05, 0.1) is 0 Å². The van der Waals surface area contributed by atoms with Crippen LogP contribution in [0.25, 0.3) is 0 Å². The average Bonchev–Trinajstić information content (AvgIpc) is 2.54. The van der Waals surface area contributed by atoms with E-state index in [1.807, 2.05) is 0 Å². The third-order valence-electron chi connectivity index (χ3n) is 4.80. The molecule has 1 aliphatic heterocycles. The molecule has 2 nitrogen and oxygen atoms in total. The van der Waals surface area contributed by atoms with Crippen molar-refractivity contribution in [2.45, 2.75) is 52.1 Å². The Morgan fingerprint density at radius 3 is 2.48 bits per heavy atom. The van der Waals surface area contributed by atoms with Crippen LogP contribution in [0.4, 0.5) is 0 Å². The summed E-state index contributed by atoms with van der Waals surface area (Å²) >= 11 is 3.71. The van der Waals surface area contributed by atoms with E-state index in [9.17, 15) is 0 Å². The number of nitrogens with one attached hydrogen (secondary N) is 1. The predicted molar refractivity (Wildman–Crippen MR) is 94.5 cm³/mol. The highest BCUT2D eigenvalue weighted by Crippen LogP contribution is 2.23. The van der Waals surface area contributed by atoms with Crippen molar-refractivity contribution >= 4 is 15.9 Å². The highest BCUT2D eigenvalue weighted by Gasteiger charge is 2.23. The molecule has 3 heteroatoms. The SMILES string of the molecule is CCC(CC)CN(Cc1ccccc1Br)C1CCNCC1. The van der Waals surface area contributed by atoms with Crippen molar-refractivity contribution in [3.63, 3.8) is 0 Å². The molecule has 118 valence electrons. The van der Waals surface area contributed by atoms with Gasteiger partial charge in [-0.1, -0.05) is 60.8 Å². The molecule has 0 spiro atoms. The largest absolute Gasteiger partial charge is 0.317 e. The lowest BCUT2D eigenvalue weighted by atomic mass is 9.98. The summed E-state index contributed by atoms with van der Waals surface area (Å²) in [5.41, 5.74) is 1.42. The molecule has 1 N–H and O–H groups in total. The number of rotatable bonds is 7. The molecular weight excluding hydrogens is 324 g/mol. The minimum atomic E-state index is 0.735. The number of halogens is 1. The van der Waals surface area contributed by atoms with Crippen LogP contribution in [-0.2, 0) is 6.54 Å². The van der Waals surface area contributed by atoms with Crippen LogP contribution in [0.2, 0.25) is 0 Å². The Balaban J connectivity index is 2.08. The maximum Gasteiger partial charge on any atom is 0.0248 e. The van der Waals surface area contributed by atoms with Crippen molar-refractivity contribution < 1.29 is 0 Å². The Kier molecular flexibility index (Phi) is 7.21. The van der Waals surface area contributed by atoms with Crippen LogP contribution in [0.1, 0.15) is 45.1 Å². The maximum absolute atomic E-state index is 3.71. The number of piperidine rings is 1. The average molecular weight is 353 g/mol. The van der Waals surface area contributed by atoms with E-state index in [4.69, 9.17) is 0 Å². The fourth-order valence-electron chi connectivity index (χ4n) is 3.24. The van der Waals surface area contributed by atoms with Gasteiger partial charge in [-0.25, -0.2) is 0 Å². The number of hydrogen-bond acceptors (Lipinski definition) is 2. The molecular formula is C18H29BrN2. The van der Waals surface area contributed by atoms with Crippen molar-refractivity contribution in [2.24, 2.45) is 5.92 Å². The fraction of sp³-hybridized carbons (Fsp3) is 0.667. The summed E-state index contributed by atoms with van der Waals surface area (Å²) in [5, 5.41) is 3.49. The van der Waals surface area contributed by atoms with Gasteiger partial charge in [-0.05, 0) is 43.5 Å². The summed E-state index contributed by atoms with van der Waals surface area (Å²) in [4.78, 5) is 2.73. The Bertz CT molecular complexity index is 411. The van der Waals surface area contributed by atoms with Gasteiger partial charge in [0, 0.05) is 23.6 Å². The Hall–Kier alpha value is -0.380. The quantitative estimate of drug-likeness (QED) is 0.780. The van der Waals surface area contributed by atoms with Crippen LogP contribution < -0.4 is 5.32 Å². The highest BCUT2D eigenvalue weighted by molar-refractivity contribution is 9.10. The molecule has 0 amide bonds. The Morgan fingerprint density at radius 2 is 1.86 bits per heavy atom. The molecule has 0 radical (unpaired) electrons. The van der Waals surface area contributed by atoms with E-state index < -0.39 is 0 Å². The van der Waals surface area contributed by atoms with Gasteiger partial charge in [-0.3, -0.25) is 4.90 Å². The summed E-state index contributed by atoms with van der Waals surface area (Å²) < 4.78 is 1.24. The lowest BCUT2D eigenvalue weighted by Crippen LogP contribution is -2.44. The van der Waals surface area contributed by atoms with Gasteiger partial charge in [0.15, 0.2) is 0 Å². The molecule has 0 unspecified atom stereocenters. The smallest absolute Gasteiger partial charge is 0.0248 e. The van der Waals surface area contributed by atoms with Crippen LogP contribution in [0.5, 0.6) is 0 Å². The summed E-state index contributed by atoms with van der Waals surface area (Å²) in [7, 11) is 0. The van der Waals surface area contributed by atoms with Crippen molar-refractivity contribution in [3.8, 4) is 0 Å². The van der Waals surface area contributed by atoms with E-state index in [1.54, 1.807) is 0 Å². The molecule has 1 aromatic carbocycles. The molecule has 1 aliphatic rings. The molecule has 1 heterocycles. The van der Waals surface area contributed by atoms with E-state index in [-0.39, 0.29) is 0 Å². The van der Waals surface area contributed by atoms with Crippen LogP contribution in [0, 0.1) is 5.92 Å². The van der Waals surface area contributed by atoms with Crippen LogP contribution in [0.3, 0.4) is 0 Å². The van der Waals surface area contributed by atoms with Gasteiger partial charge in [-0.15, -0.1) is 0 Å². The third kappa shape index (κ3) is 5.08. The zero-order chi connectivity index (χ0) is 15.1. The van der Waals surface area contributed by atoms with Crippen LogP contribution in [0.15, 0.2) is 28.7 Å². The monoisotopic (exact) mass is 352 g/mol. The van der Waals surface area contributed by atoms with Gasteiger partial charge in [-0.2, -0.15) is 0 Å². The summed E-state index contributed by atoms with van der Waals surface area (Å²) in [6.45, 7) is 9.29. The van der Waals surface area contributed by atoms with Gasteiger partial charge in [0.2, 0.25) is 0 Å². The standard InChI is InChI=1S/C18H29BrN2/c1-3-15(4-2)13-21(17-9-11-20-12-10-17)14-16-7-5-6-8-18(16)19/h5-8,15,17,20H,3-4,9-14H2,1-2H3. The normalized spacial score (nSPS) is 16.8. The van der Waals surface area contributed by atoms with Crippen molar-refractivity contribution in [1.29, 1.82) is 0 Å². The fourth-order valence-corrected chi connectivity index (χ4v) is 3.65.